The first-order valence-corrected chi connectivity index (χ1v) is 6.16. The number of thioether (sulfide) groups is 1. The third kappa shape index (κ3) is 6.92. The van der Waals surface area contributed by atoms with Crippen LogP contribution in [0.2, 0.25) is 0 Å². The number of nitrogens with two attached hydrogens (primary N) is 1. The summed E-state index contributed by atoms with van der Waals surface area (Å²) in [4.78, 5) is 32.6. The molecule has 0 saturated heterocycles. The molecule has 18 heavy (non-hydrogen) atoms. The van der Waals surface area contributed by atoms with Gasteiger partial charge in [-0.15, -0.1) is 11.8 Å². The zero-order valence-electron chi connectivity index (χ0n) is 9.67. The molecule has 0 aliphatic heterocycles. The van der Waals surface area contributed by atoms with Crippen LogP contribution in [0.1, 0.15) is 12.8 Å². The molecule has 0 aromatic carbocycles. The second-order valence-electron chi connectivity index (χ2n) is 3.44. The van der Waals surface area contributed by atoms with E-state index in [4.69, 9.17) is 15.9 Å². The SMILES string of the molecule is C=CSC[C@H](NC(=O)CC[C@H](N)C(=O)O)C(=O)O. The van der Waals surface area contributed by atoms with Crippen LogP contribution in [0.15, 0.2) is 12.0 Å². The quantitative estimate of drug-likeness (QED) is 0.452. The lowest BCUT2D eigenvalue weighted by atomic mass is 10.1. The van der Waals surface area contributed by atoms with Gasteiger partial charge in [0.25, 0.3) is 0 Å². The lowest BCUT2D eigenvalue weighted by Crippen LogP contribution is -2.43. The first-order valence-electron chi connectivity index (χ1n) is 5.11. The molecule has 7 nitrogen and oxygen atoms in total. The van der Waals surface area contributed by atoms with E-state index in [0.29, 0.717) is 0 Å². The van der Waals surface area contributed by atoms with Crippen LogP contribution in [0.5, 0.6) is 0 Å². The Morgan fingerprint density at radius 3 is 2.39 bits per heavy atom. The molecular formula is C10H16N2O5S. The second-order valence-corrected chi connectivity index (χ2v) is 4.44. The van der Waals surface area contributed by atoms with E-state index < -0.39 is 29.9 Å². The molecule has 0 aliphatic carbocycles. The van der Waals surface area contributed by atoms with Crippen molar-refractivity contribution in [2.75, 3.05) is 5.75 Å². The zero-order valence-corrected chi connectivity index (χ0v) is 10.5. The molecule has 0 saturated carbocycles. The smallest absolute Gasteiger partial charge is 0.327 e. The number of carbonyl (C=O) groups is 3. The highest BCUT2D eigenvalue weighted by Crippen LogP contribution is 2.04. The van der Waals surface area contributed by atoms with Gasteiger partial charge in [0.2, 0.25) is 5.91 Å². The number of aliphatic carboxylic acids is 2. The Hall–Kier alpha value is -1.54. The average molecular weight is 276 g/mol. The Balaban J connectivity index is 4.13. The summed E-state index contributed by atoms with van der Waals surface area (Å²) in [7, 11) is 0. The molecule has 5 N–H and O–H groups in total. The van der Waals surface area contributed by atoms with Crippen molar-refractivity contribution in [3.63, 3.8) is 0 Å². The lowest BCUT2D eigenvalue weighted by Gasteiger charge is -2.13. The van der Waals surface area contributed by atoms with Crippen LogP contribution in [0.25, 0.3) is 0 Å². The molecule has 2 atom stereocenters. The summed E-state index contributed by atoms with van der Waals surface area (Å²) in [6.45, 7) is 3.43. The third-order valence-electron chi connectivity index (χ3n) is 2.01. The number of carboxylic acid groups (broad SMARTS) is 2. The first kappa shape index (κ1) is 16.5. The number of carboxylic acids is 2. The van der Waals surface area contributed by atoms with Gasteiger partial charge in [0.05, 0.1) is 0 Å². The topological polar surface area (TPSA) is 130 Å². The van der Waals surface area contributed by atoms with Gasteiger partial charge in [-0.3, -0.25) is 9.59 Å². The van der Waals surface area contributed by atoms with Crippen LogP contribution in [-0.4, -0.2) is 45.9 Å². The first-order chi connectivity index (χ1) is 8.38. The van der Waals surface area contributed by atoms with Gasteiger partial charge < -0.3 is 21.3 Å². The van der Waals surface area contributed by atoms with Crippen molar-refractivity contribution in [1.29, 1.82) is 0 Å². The van der Waals surface area contributed by atoms with Gasteiger partial charge in [-0.1, -0.05) is 6.58 Å². The summed E-state index contributed by atoms with van der Waals surface area (Å²) in [5, 5.41) is 21.1. The van der Waals surface area contributed by atoms with Crippen molar-refractivity contribution in [2.45, 2.75) is 24.9 Å². The molecule has 0 aromatic heterocycles. The fraction of sp³-hybridized carbons (Fsp3) is 0.500. The normalized spacial score (nSPS) is 13.4. The van der Waals surface area contributed by atoms with Crippen LogP contribution in [0.3, 0.4) is 0 Å². The van der Waals surface area contributed by atoms with Crippen molar-refractivity contribution >= 4 is 29.6 Å². The van der Waals surface area contributed by atoms with Crippen LogP contribution < -0.4 is 11.1 Å². The maximum atomic E-state index is 11.4. The van der Waals surface area contributed by atoms with Crippen molar-refractivity contribution in [2.24, 2.45) is 5.73 Å². The number of hydrogen-bond acceptors (Lipinski definition) is 5. The monoisotopic (exact) mass is 276 g/mol. The average Bonchev–Trinajstić information content (AvgIpc) is 2.30. The van der Waals surface area contributed by atoms with Gasteiger partial charge >= 0.3 is 11.9 Å². The van der Waals surface area contributed by atoms with Gasteiger partial charge in [-0.05, 0) is 11.8 Å². The minimum atomic E-state index is -1.19. The summed E-state index contributed by atoms with van der Waals surface area (Å²) in [6, 6.07) is -2.15. The largest absolute Gasteiger partial charge is 0.480 e. The van der Waals surface area contributed by atoms with Crippen molar-refractivity contribution in [3.8, 4) is 0 Å². The summed E-state index contributed by atoms with van der Waals surface area (Å²) in [5.74, 6) is -2.72. The van der Waals surface area contributed by atoms with E-state index >= 15 is 0 Å². The molecular weight excluding hydrogens is 260 g/mol. The number of rotatable bonds is 9. The maximum absolute atomic E-state index is 11.4. The van der Waals surface area contributed by atoms with E-state index in [1.54, 1.807) is 0 Å². The Kier molecular flexibility index (Phi) is 7.81. The van der Waals surface area contributed by atoms with E-state index in [9.17, 15) is 14.4 Å². The summed E-state index contributed by atoms with van der Waals surface area (Å²) < 4.78 is 0. The number of amides is 1. The van der Waals surface area contributed by atoms with E-state index in [2.05, 4.69) is 11.9 Å². The standard InChI is InChI=1S/C10H16N2O5S/c1-2-18-5-7(10(16)17)12-8(13)4-3-6(11)9(14)15/h2,6-7H,1,3-5,11H2,(H,12,13)(H,14,15)(H,16,17)/t6-,7-/m0/s1. The molecule has 102 valence electrons. The summed E-state index contributed by atoms with van der Waals surface area (Å²) >= 11 is 1.17. The molecule has 0 aliphatic rings. The molecule has 0 aromatic rings. The predicted octanol–water partition coefficient (Wildman–Crippen LogP) is -0.375. The second kappa shape index (κ2) is 8.54. The molecule has 0 heterocycles. The Morgan fingerprint density at radius 1 is 1.33 bits per heavy atom. The van der Waals surface area contributed by atoms with Crippen molar-refractivity contribution < 1.29 is 24.6 Å². The van der Waals surface area contributed by atoms with Crippen LogP contribution in [-0.2, 0) is 14.4 Å². The Bertz CT molecular complexity index is 334. The van der Waals surface area contributed by atoms with Crippen molar-refractivity contribution in [3.05, 3.63) is 12.0 Å². The summed E-state index contributed by atoms with van der Waals surface area (Å²) in [5.41, 5.74) is 5.22. The van der Waals surface area contributed by atoms with E-state index in [-0.39, 0.29) is 18.6 Å². The number of nitrogens with one attached hydrogen (secondary N) is 1. The van der Waals surface area contributed by atoms with Crippen LogP contribution in [0, 0.1) is 0 Å². The maximum Gasteiger partial charge on any atom is 0.327 e. The predicted molar refractivity (Wildman–Crippen MR) is 67.1 cm³/mol. The minimum absolute atomic E-state index is 0.0396. The third-order valence-corrected chi connectivity index (χ3v) is 2.78. The van der Waals surface area contributed by atoms with Gasteiger partial charge in [-0.2, -0.15) is 0 Å². The highest BCUT2D eigenvalue weighted by Gasteiger charge is 2.20. The molecule has 0 spiro atoms. The van der Waals surface area contributed by atoms with E-state index in [0.717, 1.165) is 0 Å². The van der Waals surface area contributed by atoms with Crippen molar-refractivity contribution in [1.82, 2.24) is 5.32 Å². The van der Waals surface area contributed by atoms with Gasteiger partial charge in [0, 0.05) is 12.2 Å². The van der Waals surface area contributed by atoms with Crippen LogP contribution in [0.4, 0.5) is 0 Å². The lowest BCUT2D eigenvalue weighted by molar-refractivity contribution is -0.141. The molecule has 0 rings (SSSR count). The Labute approximate surface area is 108 Å². The van der Waals surface area contributed by atoms with E-state index in [1.807, 2.05) is 0 Å². The highest BCUT2D eigenvalue weighted by molar-refractivity contribution is 8.02. The minimum Gasteiger partial charge on any atom is -0.480 e. The molecule has 0 radical (unpaired) electrons. The molecule has 0 unspecified atom stereocenters. The fourth-order valence-corrected chi connectivity index (χ4v) is 1.57. The number of hydrogen-bond donors (Lipinski definition) is 4. The molecule has 0 fully saturated rings. The van der Waals surface area contributed by atoms with Gasteiger partial charge in [0.15, 0.2) is 0 Å². The molecule has 1 amide bonds. The van der Waals surface area contributed by atoms with Crippen LogP contribution >= 0.6 is 11.8 Å². The van der Waals surface area contributed by atoms with Gasteiger partial charge in [0.1, 0.15) is 12.1 Å². The van der Waals surface area contributed by atoms with E-state index in [1.165, 1.54) is 17.2 Å². The van der Waals surface area contributed by atoms with Gasteiger partial charge in [-0.25, -0.2) is 4.79 Å². The Morgan fingerprint density at radius 2 is 1.94 bits per heavy atom. The number of carbonyl (C=O) groups excluding carboxylic acids is 1. The fourth-order valence-electron chi connectivity index (χ4n) is 1.02. The zero-order chi connectivity index (χ0) is 14.1. The highest BCUT2D eigenvalue weighted by atomic mass is 32.2. The summed E-state index contributed by atoms with van der Waals surface area (Å²) in [6.07, 6.45) is -0.169. The molecule has 0 bridgehead atoms. The molecule has 8 heteroatoms.